The number of amides is 2. The van der Waals surface area contributed by atoms with E-state index in [1.165, 1.54) is 0 Å². The number of Topliss-reactive ketones (excluding diaryl/α,β-unsaturated/α-hetero) is 1. The fraction of sp³-hybridized carbons (Fsp3) is 0.111. The SMILES string of the molecule is CC1=C(C(=O)c2ccc(Cl)cc2)[C@H](c2cccc(Cl)c2Cl)NC(=O)N1. The quantitative estimate of drug-likeness (QED) is 0.705. The van der Waals surface area contributed by atoms with Gasteiger partial charge in [0.15, 0.2) is 5.78 Å². The molecule has 25 heavy (non-hydrogen) atoms. The third-order valence-electron chi connectivity index (χ3n) is 3.91. The third kappa shape index (κ3) is 3.52. The van der Waals surface area contributed by atoms with Crippen LogP contribution in [0, 0.1) is 0 Å². The van der Waals surface area contributed by atoms with Gasteiger partial charge in [0.25, 0.3) is 0 Å². The van der Waals surface area contributed by atoms with E-state index < -0.39 is 12.1 Å². The van der Waals surface area contributed by atoms with Crippen LogP contribution in [0.1, 0.15) is 28.9 Å². The summed E-state index contributed by atoms with van der Waals surface area (Å²) in [6.07, 6.45) is 0. The van der Waals surface area contributed by atoms with E-state index in [4.69, 9.17) is 34.8 Å². The van der Waals surface area contributed by atoms with E-state index in [0.29, 0.717) is 37.5 Å². The van der Waals surface area contributed by atoms with Crippen LogP contribution in [0.15, 0.2) is 53.7 Å². The van der Waals surface area contributed by atoms with Gasteiger partial charge in [0.2, 0.25) is 0 Å². The number of allylic oxidation sites excluding steroid dienone is 1. The highest BCUT2D eigenvalue weighted by Gasteiger charge is 2.33. The lowest BCUT2D eigenvalue weighted by Gasteiger charge is -2.29. The molecule has 1 aliphatic heterocycles. The van der Waals surface area contributed by atoms with Crippen LogP contribution in [0.5, 0.6) is 0 Å². The van der Waals surface area contributed by atoms with Gasteiger partial charge in [0.05, 0.1) is 16.1 Å². The van der Waals surface area contributed by atoms with Crippen molar-refractivity contribution in [3.8, 4) is 0 Å². The molecular formula is C18H13Cl3N2O2. The number of carbonyl (C=O) groups is 2. The maximum absolute atomic E-state index is 13.0. The summed E-state index contributed by atoms with van der Waals surface area (Å²) < 4.78 is 0. The molecule has 0 aromatic heterocycles. The van der Waals surface area contributed by atoms with Crippen LogP contribution in [-0.2, 0) is 0 Å². The molecule has 2 N–H and O–H groups in total. The number of ketones is 1. The number of halogens is 3. The zero-order valence-corrected chi connectivity index (χ0v) is 15.3. The Morgan fingerprint density at radius 2 is 1.72 bits per heavy atom. The number of urea groups is 1. The molecule has 0 saturated carbocycles. The van der Waals surface area contributed by atoms with Gasteiger partial charge < -0.3 is 10.6 Å². The molecule has 7 heteroatoms. The Hall–Kier alpha value is -2.01. The van der Waals surface area contributed by atoms with Crippen molar-refractivity contribution in [2.75, 3.05) is 0 Å². The number of hydrogen-bond acceptors (Lipinski definition) is 2. The van der Waals surface area contributed by atoms with Crippen molar-refractivity contribution in [1.82, 2.24) is 10.6 Å². The third-order valence-corrected chi connectivity index (χ3v) is 5.00. The molecule has 1 heterocycles. The summed E-state index contributed by atoms with van der Waals surface area (Å²) in [6, 6.07) is 10.5. The lowest BCUT2D eigenvalue weighted by Crippen LogP contribution is -2.45. The molecule has 1 atom stereocenters. The topological polar surface area (TPSA) is 58.2 Å². The zero-order valence-electron chi connectivity index (χ0n) is 13.1. The van der Waals surface area contributed by atoms with Crippen molar-refractivity contribution >= 4 is 46.6 Å². The second-order valence-electron chi connectivity index (χ2n) is 5.55. The molecule has 3 rings (SSSR count). The average Bonchev–Trinajstić information content (AvgIpc) is 2.57. The molecule has 0 bridgehead atoms. The number of carbonyl (C=O) groups excluding carboxylic acids is 2. The van der Waals surface area contributed by atoms with Gasteiger partial charge in [0.1, 0.15) is 0 Å². The summed E-state index contributed by atoms with van der Waals surface area (Å²) in [7, 11) is 0. The smallest absolute Gasteiger partial charge is 0.319 e. The molecule has 128 valence electrons. The Kier molecular flexibility index (Phi) is 5.04. The van der Waals surface area contributed by atoms with E-state index in [1.807, 2.05) is 0 Å². The van der Waals surface area contributed by atoms with Crippen LogP contribution in [0.25, 0.3) is 0 Å². The largest absolute Gasteiger partial charge is 0.327 e. The molecule has 2 amide bonds. The average molecular weight is 396 g/mol. The van der Waals surface area contributed by atoms with E-state index in [1.54, 1.807) is 49.4 Å². The molecular weight excluding hydrogens is 383 g/mol. The molecule has 0 saturated heterocycles. The minimum atomic E-state index is -0.705. The molecule has 0 radical (unpaired) electrons. The normalized spacial score (nSPS) is 17.1. The summed E-state index contributed by atoms with van der Waals surface area (Å²) in [5.41, 5.74) is 1.87. The number of benzene rings is 2. The Bertz CT molecular complexity index is 892. The van der Waals surface area contributed by atoms with Crippen LogP contribution >= 0.6 is 34.8 Å². The van der Waals surface area contributed by atoms with Crippen molar-refractivity contribution in [1.29, 1.82) is 0 Å². The van der Waals surface area contributed by atoms with E-state index in [-0.39, 0.29) is 5.78 Å². The van der Waals surface area contributed by atoms with Crippen molar-refractivity contribution in [3.63, 3.8) is 0 Å². The second-order valence-corrected chi connectivity index (χ2v) is 6.77. The molecule has 0 spiro atoms. The monoisotopic (exact) mass is 394 g/mol. The van der Waals surface area contributed by atoms with E-state index in [2.05, 4.69) is 10.6 Å². The molecule has 2 aromatic carbocycles. The van der Waals surface area contributed by atoms with Gasteiger partial charge in [0, 0.05) is 21.9 Å². The molecule has 2 aromatic rings. The minimum Gasteiger partial charge on any atom is -0.327 e. The van der Waals surface area contributed by atoms with Crippen molar-refractivity contribution < 1.29 is 9.59 Å². The Balaban J connectivity index is 2.11. The molecule has 0 unspecified atom stereocenters. The van der Waals surface area contributed by atoms with Gasteiger partial charge in [-0.25, -0.2) is 4.79 Å². The van der Waals surface area contributed by atoms with Crippen molar-refractivity contribution in [2.24, 2.45) is 0 Å². The summed E-state index contributed by atoms with van der Waals surface area (Å²) >= 11 is 18.3. The van der Waals surface area contributed by atoms with Crippen LogP contribution in [0.4, 0.5) is 4.79 Å². The van der Waals surface area contributed by atoms with Crippen LogP contribution in [-0.4, -0.2) is 11.8 Å². The number of hydrogen-bond donors (Lipinski definition) is 2. The lowest BCUT2D eigenvalue weighted by molar-refractivity contribution is 0.102. The van der Waals surface area contributed by atoms with Gasteiger partial charge in [-0.3, -0.25) is 4.79 Å². The first-order valence-electron chi connectivity index (χ1n) is 7.41. The highest BCUT2D eigenvalue weighted by atomic mass is 35.5. The highest BCUT2D eigenvalue weighted by Crippen LogP contribution is 2.36. The van der Waals surface area contributed by atoms with E-state index in [9.17, 15) is 9.59 Å². The van der Waals surface area contributed by atoms with Gasteiger partial charge in [-0.15, -0.1) is 0 Å². The van der Waals surface area contributed by atoms with Gasteiger partial charge in [-0.1, -0.05) is 46.9 Å². The maximum Gasteiger partial charge on any atom is 0.319 e. The first kappa shape index (κ1) is 17.8. The Morgan fingerprint density at radius 1 is 1.04 bits per heavy atom. The van der Waals surface area contributed by atoms with Gasteiger partial charge in [-0.05, 0) is 42.8 Å². The van der Waals surface area contributed by atoms with E-state index >= 15 is 0 Å². The predicted molar refractivity (Wildman–Crippen MR) is 99.4 cm³/mol. The predicted octanol–water partition coefficient (Wildman–Crippen LogP) is 5.16. The van der Waals surface area contributed by atoms with Crippen LogP contribution in [0.2, 0.25) is 15.1 Å². The minimum absolute atomic E-state index is 0.234. The maximum atomic E-state index is 13.0. The Morgan fingerprint density at radius 3 is 2.40 bits per heavy atom. The van der Waals surface area contributed by atoms with Gasteiger partial charge >= 0.3 is 6.03 Å². The first-order chi connectivity index (χ1) is 11.9. The zero-order chi connectivity index (χ0) is 18.1. The van der Waals surface area contributed by atoms with E-state index in [0.717, 1.165) is 0 Å². The summed E-state index contributed by atoms with van der Waals surface area (Å²) in [5.74, 6) is -0.234. The molecule has 0 aliphatic carbocycles. The summed E-state index contributed by atoms with van der Waals surface area (Å²) in [4.78, 5) is 25.0. The molecule has 4 nitrogen and oxygen atoms in total. The van der Waals surface area contributed by atoms with Crippen molar-refractivity contribution in [2.45, 2.75) is 13.0 Å². The van der Waals surface area contributed by atoms with Crippen molar-refractivity contribution in [3.05, 3.63) is 79.9 Å². The van der Waals surface area contributed by atoms with Gasteiger partial charge in [-0.2, -0.15) is 0 Å². The molecule has 1 aliphatic rings. The summed E-state index contributed by atoms with van der Waals surface area (Å²) in [6.45, 7) is 1.67. The highest BCUT2D eigenvalue weighted by molar-refractivity contribution is 6.42. The second kappa shape index (κ2) is 7.08. The number of rotatable bonds is 3. The standard InChI is InChI=1S/C18H13Cl3N2O2/c1-9-14(17(24)10-5-7-11(19)8-6-10)16(23-18(25)22-9)12-3-2-4-13(20)15(12)21/h2-8,16H,1H3,(H2,22,23,25)/t16-/m0/s1. The van der Waals surface area contributed by atoms with Crippen LogP contribution < -0.4 is 10.6 Å². The first-order valence-corrected chi connectivity index (χ1v) is 8.54. The fourth-order valence-electron chi connectivity index (χ4n) is 2.73. The van der Waals surface area contributed by atoms with Crippen LogP contribution in [0.3, 0.4) is 0 Å². The Labute approximate surface area is 159 Å². The number of nitrogens with one attached hydrogen (secondary N) is 2. The lowest BCUT2D eigenvalue weighted by atomic mass is 9.89. The summed E-state index contributed by atoms with van der Waals surface area (Å²) in [5, 5.41) is 6.56. The fourth-order valence-corrected chi connectivity index (χ4v) is 3.27. The molecule has 0 fully saturated rings.